The molecule has 2 rings (SSSR count). The Labute approximate surface area is 158 Å². The molecule has 1 atom stereocenters. The van der Waals surface area contributed by atoms with E-state index in [4.69, 9.17) is 5.11 Å². The van der Waals surface area contributed by atoms with E-state index < -0.39 is 35.7 Å². The van der Waals surface area contributed by atoms with E-state index in [2.05, 4.69) is 10.3 Å². The molecule has 2 N–H and O–H groups in total. The summed E-state index contributed by atoms with van der Waals surface area (Å²) >= 11 is 0.702. The number of carboxylic acid groups (broad SMARTS) is 1. The number of alkyl halides is 3. The molecule has 146 valence electrons. The number of nitrogens with one attached hydrogen (secondary N) is 1. The highest BCUT2D eigenvalue weighted by molar-refractivity contribution is 8.00. The molecule has 0 radical (unpaired) electrons. The number of thioether (sulfide) groups is 1. The van der Waals surface area contributed by atoms with Crippen molar-refractivity contribution in [3.05, 3.63) is 22.4 Å². The zero-order valence-electron chi connectivity index (χ0n) is 14.5. The number of carbonyl (C=O) groups excluding carboxylic acids is 1. The maximum atomic E-state index is 13.7. The Kier molecular flexibility index (Phi) is 6.70. The summed E-state index contributed by atoms with van der Waals surface area (Å²) in [7, 11) is 0. The Morgan fingerprint density at radius 2 is 2.15 bits per heavy atom. The molecule has 0 aliphatic heterocycles. The van der Waals surface area contributed by atoms with Crippen LogP contribution < -0.4 is 5.32 Å². The van der Waals surface area contributed by atoms with Crippen molar-refractivity contribution in [2.24, 2.45) is 5.92 Å². The van der Waals surface area contributed by atoms with Gasteiger partial charge in [-0.25, -0.2) is 4.98 Å². The Hall–Kier alpha value is -2.28. The molecular weight excluding hydrogens is 383 g/mol. The van der Waals surface area contributed by atoms with Gasteiger partial charge < -0.3 is 10.4 Å². The molecule has 10 heteroatoms. The molecule has 0 spiro atoms. The second-order valence-corrected chi connectivity index (χ2v) is 7.14. The third-order valence-corrected chi connectivity index (χ3v) is 5.36. The molecule has 0 aromatic carbocycles. The van der Waals surface area contributed by atoms with Crippen LogP contribution in [0.4, 0.5) is 13.2 Å². The Morgan fingerprint density at radius 3 is 2.70 bits per heavy atom. The number of carboxylic acids is 1. The van der Waals surface area contributed by atoms with E-state index in [0.29, 0.717) is 23.9 Å². The van der Waals surface area contributed by atoms with Crippen LogP contribution in [0.2, 0.25) is 0 Å². The largest absolute Gasteiger partial charge is 0.480 e. The number of nitriles is 1. The molecule has 1 amide bonds. The smallest absolute Gasteiger partial charge is 0.418 e. The average Bonchev–Trinajstić information content (AvgIpc) is 2.61. The van der Waals surface area contributed by atoms with E-state index in [1.165, 1.54) is 0 Å². The number of rotatable bonds is 6. The van der Waals surface area contributed by atoms with Gasteiger partial charge in [-0.1, -0.05) is 25.1 Å². The van der Waals surface area contributed by atoms with Crippen molar-refractivity contribution in [3.8, 4) is 6.07 Å². The fourth-order valence-electron chi connectivity index (χ4n) is 3.03. The minimum Gasteiger partial charge on any atom is -0.480 e. The van der Waals surface area contributed by atoms with Gasteiger partial charge in [0.2, 0.25) is 5.91 Å². The molecule has 1 heterocycles. The summed E-state index contributed by atoms with van der Waals surface area (Å²) in [6.07, 6.45) is -2.61. The van der Waals surface area contributed by atoms with E-state index >= 15 is 0 Å². The topological polar surface area (TPSA) is 103 Å². The third kappa shape index (κ3) is 5.13. The number of aliphatic carboxylic acids is 1. The van der Waals surface area contributed by atoms with Crippen LogP contribution in [0, 0.1) is 17.2 Å². The molecule has 6 nitrogen and oxygen atoms in total. The SMILES string of the molecule is CCC1CCc2nc(SCC(=O)NCC(=O)O)c(C#N)c(C(F)(F)F)c2C1. The predicted molar refractivity (Wildman–Crippen MR) is 91.1 cm³/mol. The number of carbonyl (C=O) groups is 2. The lowest BCUT2D eigenvalue weighted by Crippen LogP contribution is -2.30. The van der Waals surface area contributed by atoms with Crippen LogP contribution >= 0.6 is 11.8 Å². The normalized spacial score (nSPS) is 16.3. The van der Waals surface area contributed by atoms with Gasteiger partial charge in [-0.2, -0.15) is 18.4 Å². The van der Waals surface area contributed by atoms with Crippen molar-refractivity contribution in [1.29, 1.82) is 5.26 Å². The van der Waals surface area contributed by atoms with Gasteiger partial charge in [-0.05, 0) is 30.7 Å². The number of aromatic nitrogens is 1. The second-order valence-electron chi connectivity index (χ2n) is 6.18. The number of hydrogen-bond donors (Lipinski definition) is 2. The highest BCUT2D eigenvalue weighted by atomic mass is 32.2. The van der Waals surface area contributed by atoms with Crippen molar-refractivity contribution in [1.82, 2.24) is 10.3 Å². The predicted octanol–water partition coefficient (Wildman–Crippen LogP) is 2.78. The minimum atomic E-state index is -4.70. The van der Waals surface area contributed by atoms with E-state index in [-0.39, 0.29) is 28.7 Å². The highest BCUT2D eigenvalue weighted by Crippen LogP contribution is 2.42. The summed E-state index contributed by atoms with van der Waals surface area (Å²) in [4.78, 5) is 26.3. The van der Waals surface area contributed by atoms with E-state index in [9.17, 15) is 28.0 Å². The van der Waals surface area contributed by atoms with Gasteiger partial charge >= 0.3 is 12.1 Å². The quantitative estimate of drug-likeness (QED) is 0.711. The van der Waals surface area contributed by atoms with Crippen molar-refractivity contribution < 1.29 is 27.9 Å². The zero-order chi connectivity index (χ0) is 20.2. The maximum absolute atomic E-state index is 13.7. The molecule has 0 saturated carbocycles. The van der Waals surface area contributed by atoms with Gasteiger partial charge in [-0.15, -0.1) is 0 Å². The summed E-state index contributed by atoms with van der Waals surface area (Å²) in [5.41, 5.74) is -1.13. The van der Waals surface area contributed by atoms with Crippen LogP contribution in [0.1, 0.15) is 42.1 Å². The first kappa shape index (κ1) is 21.0. The van der Waals surface area contributed by atoms with Crippen LogP contribution in [0.3, 0.4) is 0 Å². The minimum absolute atomic E-state index is 0.0804. The van der Waals surface area contributed by atoms with Gasteiger partial charge in [0.15, 0.2) is 0 Å². The lowest BCUT2D eigenvalue weighted by molar-refractivity contribution is -0.139. The molecule has 1 unspecified atom stereocenters. The van der Waals surface area contributed by atoms with Gasteiger partial charge in [0.1, 0.15) is 17.6 Å². The maximum Gasteiger partial charge on any atom is 0.418 e. The summed E-state index contributed by atoms with van der Waals surface area (Å²) in [5.74, 6) is -2.11. The number of aryl methyl sites for hydroxylation is 1. The van der Waals surface area contributed by atoms with Crippen LogP contribution in [0.5, 0.6) is 0 Å². The third-order valence-electron chi connectivity index (χ3n) is 4.38. The molecule has 1 aromatic heterocycles. The summed E-state index contributed by atoms with van der Waals surface area (Å²) in [6.45, 7) is 1.33. The summed E-state index contributed by atoms with van der Waals surface area (Å²) in [6, 6.07) is 1.60. The number of amides is 1. The number of fused-ring (bicyclic) bond motifs is 1. The number of hydrogen-bond acceptors (Lipinski definition) is 5. The van der Waals surface area contributed by atoms with Crippen molar-refractivity contribution in [3.63, 3.8) is 0 Å². The van der Waals surface area contributed by atoms with Crippen molar-refractivity contribution in [2.45, 2.75) is 43.8 Å². The highest BCUT2D eigenvalue weighted by Gasteiger charge is 2.40. The van der Waals surface area contributed by atoms with Crippen LogP contribution in [-0.4, -0.2) is 34.3 Å². The average molecular weight is 401 g/mol. The zero-order valence-corrected chi connectivity index (χ0v) is 15.3. The van der Waals surface area contributed by atoms with E-state index in [0.717, 1.165) is 12.8 Å². The summed E-state index contributed by atoms with van der Waals surface area (Å²) < 4.78 is 41.1. The van der Waals surface area contributed by atoms with Gasteiger partial charge in [-0.3, -0.25) is 9.59 Å². The summed E-state index contributed by atoms with van der Waals surface area (Å²) in [5, 5.41) is 19.8. The first-order chi connectivity index (χ1) is 12.7. The molecule has 27 heavy (non-hydrogen) atoms. The van der Waals surface area contributed by atoms with Crippen molar-refractivity contribution in [2.75, 3.05) is 12.3 Å². The molecule has 0 saturated heterocycles. The standard InChI is InChI=1S/C17H18F3N3O3S/c1-2-9-3-4-12-10(5-9)15(17(18,19)20)11(6-21)16(23-12)27-8-13(24)22-7-14(25)26/h9H,2-5,7-8H2,1H3,(H,22,24)(H,25,26). The van der Waals surface area contributed by atoms with Crippen LogP contribution in [0.15, 0.2) is 5.03 Å². The Bertz CT molecular complexity index is 790. The first-order valence-electron chi connectivity index (χ1n) is 8.31. The fraction of sp³-hybridized carbons (Fsp3) is 0.529. The Morgan fingerprint density at radius 1 is 1.44 bits per heavy atom. The molecule has 1 aromatic rings. The van der Waals surface area contributed by atoms with Gasteiger partial charge in [0.05, 0.1) is 16.9 Å². The van der Waals surface area contributed by atoms with Crippen LogP contribution in [-0.2, 0) is 28.6 Å². The molecular formula is C17H18F3N3O3S. The second kappa shape index (κ2) is 8.61. The Balaban J connectivity index is 2.38. The number of nitrogens with zero attached hydrogens (tertiary/aromatic N) is 2. The van der Waals surface area contributed by atoms with E-state index in [1.54, 1.807) is 6.07 Å². The fourth-order valence-corrected chi connectivity index (χ4v) is 3.87. The van der Waals surface area contributed by atoms with Crippen molar-refractivity contribution >= 4 is 23.6 Å². The lowest BCUT2D eigenvalue weighted by atomic mass is 9.82. The monoisotopic (exact) mass is 401 g/mol. The first-order valence-corrected chi connectivity index (χ1v) is 9.30. The lowest BCUT2D eigenvalue weighted by Gasteiger charge is -2.27. The molecule has 0 fully saturated rings. The number of pyridine rings is 1. The number of halogens is 3. The molecule has 0 bridgehead atoms. The van der Waals surface area contributed by atoms with Crippen LogP contribution in [0.25, 0.3) is 0 Å². The molecule has 1 aliphatic carbocycles. The van der Waals surface area contributed by atoms with Gasteiger partial charge in [0.25, 0.3) is 0 Å². The van der Waals surface area contributed by atoms with E-state index in [1.807, 2.05) is 6.92 Å². The van der Waals surface area contributed by atoms with Gasteiger partial charge in [0, 0.05) is 5.69 Å². The molecule has 1 aliphatic rings.